The number of methoxy groups -OCH3 is 1. The molecule has 0 aliphatic carbocycles. The Hall–Kier alpha value is -5.20. The Morgan fingerprint density at radius 1 is 1.04 bits per heavy atom. The van der Waals surface area contributed by atoms with Gasteiger partial charge < -0.3 is 15.0 Å². The predicted octanol–water partition coefficient (Wildman–Crippen LogP) is 3.76. The van der Waals surface area contributed by atoms with E-state index in [2.05, 4.69) is 53.9 Å². The summed E-state index contributed by atoms with van der Waals surface area (Å²) in [4.78, 5) is 39.3. The highest BCUT2D eigenvalue weighted by molar-refractivity contribution is 6.01. The zero-order chi connectivity index (χ0) is 30.8. The lowest BCUT2D eigenvalue weighted by Crippen LogP contribution is -2.48. The van der Waals surface area contributed by atoms with Crippen molar-refractivity contribution in [1.29, 1.82) is 0 Å². The molecule has 1 saturated heterocycles. The SMILES string of the molecule is COC1(C(=O)Nc2ccc3[nH]nc(-c4cn[nH]c4)c3c2)CCN(CC(=O)N2CC=C(c3ccc(-c4ncccn4)cc3)CC2)C1. The van der Waals surface area contributed by atoms with Crippen molar-refractivity contribution in [3.05, 3.63) is 85.0 Å². The Balaban J connectivity index is 0.956. The Morgan fingerprint density at radius 3 is 2.60 bits per heavy atom. The molecule has 228 valence electrons. The van der Waals surface area contributed by atoms with Crippen LogP contribution in [0.2, 0.25) is 0 Å². The van der Waals surface area contributed by atoms with Crippen LogP contribution < -0.4 is 5.32 Å². The van der Waals surface area contributed by atoms with Gasteiger partial charge in [0.2, 0.25) is 5.91 Å². The highest BCUT2D eigenvalue weighted by Crippen LogP contribution is 2.31. The average Bonchev–Trinajstić information content (AvgIpc) is 3.86. The molecule has 5 aromatic rings. The fourth-order valence-electron chi connectivity index (χ4n) is 6.11. The maximum absolute atomic E-state index is 13.5. The summed E-state index contributed by atoms with van der Waals surface area (Å²) in [5.74, 6) is 0.514. The first-order chi connectivity index (χ1) is 22.0. The number of H-pyrrole nitrogens is 2. The molecule has 1 atom stereocenters. The number of aromatic nitrogens is 6. The van der Waals surface area contributed by atoms with Crippen LogP contribution in [0.3, 0.4) is 0 Å². The number of likely N-dealkylation sites (tertiary alicyclic amines) is 1. The van der Waals surface area contributed by atoms with Crippen molar-refractivity contribution in [3.8, 4) is 22.6 Å². The molecule has 2 aliphatic heterocycles. The Bertz CT molecular complexity index is 1850. The third kappa shape index (κ3) is 5.73. The van der Waals surface area contributed by atoms with Crippen molar-refractivity contribution in [1.82, 2.24) is 40.2 Å². The fourth-order valence-corrected chi connectivity index (χ4v) is 6.11. The average molecular weight is 604 g/mol. The number of carbonyl (C=O) groups is 2. The summed E-state index contributed by atoms with van der Waals surface area (Å²) in [5, 5.41) is 18.1. The minimum absolute atomic E-state index is 0.0476. The second-order valence-electron chi connectivity index (χ2n) is 11.4. The predicted molar refractivity (Wildman–Crippen MR) is 170 cm³/mol. The van der Waals surface area contributed by atoms with Gasteiger partial charge >= 0.3 is 0 Å². The summed E-state index contributed by atoms with van der Waals surface area (Å²) in [6.45, 7) is 2.36. The molecule has 0 saturated carbocycles. The van der Waals surface area contributed by atoms with Crippen LogP contribution >= 0.6 is 0 Å². The smallest absolute Gasteiger partial charge is 0.258 e. The van der Waals surface area contributed by atoms with E-state index < -0.39 is 5.60 Å². The number of amides is 2. The van der Waals surface area contributed by atoms with E-state index in [-0.39, 0.29) is 18.4 Å². The molecule has 0 bridgehead atoms. The number of hydrogen-bond donors (Lipinski definition) is 3. The van der Waals surface area contributed by atoms with Gasteiger partial charge in [0.1, 0.15) is 5.69 Å². The normalized spacial score (nSPS) is 18.7. The molecule has 2 aromatic carbocycles. The lowest BCUT2D eigenvalue weighted by Gasteiger charge is -2.30. The van der Waals surface area contributed by atoms with Gasteiger partial charge in [-0.3, -0.25) is 24.7 Å². The molecule has 3 aromatic heterocycles. The molecule has 2 amide bonds. The summed E-state index contributed by atoms with van der Waals surface area (Å²) in [6.07, 6.45) is 10.3. The summed E-state index contributed by atoms with van der Waals surface area (Å²) >= 11 is 0. The molecule has 3 N–H and O–H groups in total. The fraction of sp³-hybridized carbons (Fsp3) is 0.273. The second-order valence-corrected chi connectivity index (χ2v) is 11.4. The number of hydrogen-bond acceptors (Lipinski definition) is 8. The summed E-state index contributed by atoms with van der Waals surface area (Å²) in [7, 11) is 1.55. The lowest BCUT2D eigenvalue weighted by atomic mass is 9.98. The number of nitrogens with one attached hydrogen (secondary N) is 3. The quantitative estimate of drug-likeness (QED) is 0.243. The van der Waals surface area contributed by atoms with Crippen LogP contribution in [0.4, 0.5) is 5.69 Å². The van der Waals surface area contributed by atoms with Crippen LogP contribution in [-0.2, 0) is 14.3 Å². The first-order valence-corrected chi connectivity index (χ1v) is 14.9. The maximum Gasteiger partial charge on any atom is 0.258 e. The molecule has 0 radical (unpaired) electrons. The monoisotopic (exact) mass is 603 g/mol. The highest BCUT2D eigenvalue weighted by Gasteiger charge is 2.45. The van der Waals surface area contributed by atoms with Crippen LogP contribution in [0.25, 0.3) is 39.1 Å². The van der Waals surface area contributed by atoms with E-state index in [0.717, 1.165) is 39.7 Å². The van der Waals surface area contributed by atoms with Crippen molar-refractivity contribution in [2.24, 2.45) is 0 Å². The van der Waals surface area contributed by atoms with Gasteiger partial charge in [0.05, 0.1) is 18.3 Å². The minimum Gasteiger partial charge on any atom is -0.367 e. The van der Waals surface area contributed by atoms with Gasteiger partial charge in [0, 0.05) is 74.1 Å². The van der Waals surface area contributed by atoms with E-state index in [1.54, 1.807) is 38.0 Å². The molecule has 2 aliphatic rings. The van der Waals surface area contributed by atoms with Crippen molar-refractivity contribution >= 4 is 34.0 Å². The third-order valence-electron chi connectivity index (χ3n) is 8.71. The standard InChI is InChI=1S/C33H33N9O3/c1-45-33(32(44)38-26-7-8-28-27(17-26)30(40-39-28)25-18-36-37-19-25)11-16-41(21-33)20-29(43)42-14-9-23(10-15-42)22-3-5-24(6-4-22)31-34-12-2-13-35-31/h2-9,12-13,17-19H,10-11,14-16,20-21H2,1H3,(H,36,37)(H,38,44)(H,39,40). The summed E-state index contributed by atoms with van der Waals surface area (Å²) in [5.41, 5.74) is 5.38. The number of rotatable bonds is 8. The number of nitrogens with zero attached hydrogens (tertiary/aromatic N) is 6. The van der Waals surface area contributed by atoms with Gasteiger partial charge in [0.25, 0.3) is 5.91 Å². The van der Waals surface area contributed by atoms with E-state index in [4.69, 9.17) is 4.74 Å². The van der Waals surface area contributed by atoms with Crippen LogP contribution in [0, 0.1) is 0 Å². The van der Waals surface area contributed by atoms with Crippen molar-refractivity contribution in [3.63, 3.8) is 0 Å². The summed E-state index contributed by atoms with van der Waals surface area (Å²) in [6, 6.07) is 15.6. The Kier molecular flexibility index (Phi) is 7.66. The molecule has 7 rings (SSSR count). The van der Waals surface area contributed by atoms with Gasteiger partial charge in [-0.2, -0.15) is 10.2 Å². The van der Waals surface area contributed by atoms with E-state index in [1.807, 2.05) is 40.1 Å². The molecule has 45 heavy (non-hydrogen) atoms. The molecular weight excluding hydrogens is 570 g/mol. The zero-order valence-corrected chi connectivity index (χ0v) is 24.9. The number of fused-ring (bicyclic) bond motifs is 1. The Morgan fingerprint density at radius 2 is 1.87 bits per heavy atom. The number of ether oxygens (including phenoxy) is 1. The van der Waals surface area contributed by atoms with Gasteiger partial charge in [0.15, 0.2) is 11.4 Å². The van der Waals surface area contributed by atoms with Crippen LogP contribution in [0.15, 0.2) is 79.4 Å². The number of anilines is 1. The van der Waals surface area contributed by atoms with Gasteiger partial charge in [-0.25, -0.2) is 9.97 Å². The van der Waals surface area contributed by atoms with Gasteiger partial charge in [-0.15, -0.1) is 0 Å². The molecule has 5 heterocycles. The number of carbonyl (C=O) groups excluding carboxylic acids is 2. The largest absolute Gasteiger partial charge is 0.367 e. The number of benzene rings is 2. The van der Waals surface area contributed by atoms with Gasteiger partial charge in [-0.05, 0) is 48.2 Å². The third-order valence-corrected chi connectivity index (χ3v) is 8.71. The van der Waals surface area contributed by atoms with E-state index in [1.165, 1.54) is 5.57 Å². The van der Waals surface area contributed by atoms with E-state index >= 15 is 0 Å². The topological polar surface area (TPSA) is 145 Å². The van der Waals surface area contributed by atoms with E-state index in [9.17, 15) is 9.59 Å². The second kappa shape index (κ2) is 12.1. The summed E-state index contributed by atoms with van der Waals surface area (Å²) < 4.78 is 5.82. The minimum atomic E-state index is -1.05. The van der Waals surface area contributed by atoms with Crippen molar-refractivity contribution in [2.75, 3.05) is 45.2 Å². The maximum atomic E-state index is 13.5. The van der Waals surface area contributed by atoms with Crippen molar-refractivity contribution < 1.29 is 14.3 Å². The van der Waals surface area contributed by atoms with Crippen molar-refractivity contribution in [2.45, 2.75) is 18.4 Å². The lowest BCUT2D eigenvalue weighted by molar-refractivity contribution is -0.138. The molecule has 1 unspecified atom stereocenters. The number of aromatic amines is 2. The molecular formula is C33H33N9O3. The first kappa shape index (κ1) is 28.6. The first-order valence-electron chi connectivity index (χ1n) is 14.9. The van der Waals surface area contributed by atoms with Gasteiger partial charge in [-0.1, -0.05) is 30.3 Å². The molecule has 12 nitrogen and oxygen atoms in total. The van der Waals surface area contributed by atoms with Crippen LogP contribution in [0.5, 0.6) is 0 Å². The zero-order valence-electron chi connectivity index (χ0n) is 24.9. The Labute approximate surface area is 259 Å². The molecule has 0 spiro atoms. The molecule has 12 heteroatoms. The van der Waals surface area contributed by atoms with Crippen LogP contribution in [0.1, 0.15) is 18.4 Å². The molecule has 1 fully saturated rings. The highest BCUT2D eigenvalue weighted by atomic mass is 16.5. The van der Waals surface area contributed by atoms with E-state index in [0.29, 0.717) is 44.1 Å². The van der Waals surface area contributed by atoms with Crippen LogP contribution in [-0.4, -0.2) is 97.4 Å².